The van der Waals surface area contributed by atoms with Gasteiger partial charge in [-0.2, -0.15) is 11.8 Å². The molecule has 0 aliphatic carbocycles. The normalized spacial score (nSPS) is 21.5. The van der Waals surface area contributed by atoms with Crippen LogP contribution in [0.3, 0.4) is 0 Å². The number of carbonyl (C=O) groups is 1. The number of hydrogen-bond donors (Lipinski definition) is 0. The molecule has 0 N–H and O–H groups in total. The number of thioether (sulfide) groups is 1. The summed E-state index contributed by atoms with van der Waals surface area (Å²) >= 11 is 5.06. The van der Waals surface area contributed by atoms with Gasteiger partial charge in [0, 0.05) is 34.5 Å². The molecule has 14 heavy (non-hydrogen) atoms. The molecule has 2 heterocycles. The van der Waals surface area contributed by atoms with Gasteiger partial charge in [-0.15, -0.1) is 0 Å². The van der Waals surface area contributed by atoms with Gasteiger partial charge >= 0.3 is 0 Å². The molecule has 0 radical (unpaired) electrons. The minimum Gasteiger partial charge on any atom is -0.298 e. The minimum absolute atomic E-state index is 0.189. The summed E-state index contributed by atoms with van der Waals surface area (Å²) < 4.78 is 0.980. The van der Waals surface area contributed by atoms with Crippen molar-refractivity contribution < 1.29 is 4.79 Å². The summed E-state index contributed by atoms with van der Waals surface area (Å²) in [4.78, 5) is 15.7. The van der Waals surface area contributed by atoms with Gasteiger partial charge in [0.05, 0.1) is 5.75 Å². The van der Waals surface area contributed by atoms with Crippen molar-refractivity contribution in [2.24, 2.45) is 5.92 Å². The molecule has 1 aromatic rings. The van der Waals surface area contributed by atoms with E-state index < -0.39 is 0 Å². The molecular weight excluding hydrogens is 262 g/mol. The molecule has 1 aliphatic heterocycles. The third kappa shape index (κ3) is 2.36. The van der Waals surface area contributed by atoms with E-state index in [2.05, 4.69) is 20.9 Å². The molecule has 0 saturated carbocycles. The largest absolute Gasteiger partial charge is 0.298 e. The number of Topliss-reactive ketones (excluding diaryl/α,β-unsaturated/α-hetero) is 1. The number of halogens is 1. The Kier molecular flexibility index (Phi) is 3.23. The summed E-state index contributed by atoms with van der Waals surface area (Å²) in [5, 5.41) is 0. The maximum atomic E-state index is 11.4. The SMILES string of the molecule is O=C1CSCC1Cc1ccc(Br)cn1. The van der Waals surface area contributed by atoms with E-state index in [1.807, 2.05) is 12.1 Å². The Morgan fingerprint density at radius 3 is 3.00 bits per heavy atom. The minimum atomic E-state index is 0.189. The average Bonchev–Trinajstić information content (AvgIpc) is 2.56. The lowest BCUT2D eigenvalue weighted by atomic mass is 10.0. The van der Waals surface area contributed by atoms with E-state index in [1.54, 1.807) is 18.0 Å². The van der Waals surface area contributed by atoms with Crippen molar-refractivity contribution in [3.63, 3.8) is 0 Å². The lowest BCUT2D eigenvalue weighted by Crippen LogP contribution is -2.14. The molecule has 0 spiro atoms. The first-order valence-corrected chi connectivity index (χ1v) is 6.41. The van der Waals surface area contributed by atoms with Crippen LogP contribution in [0.15, 0.2) is 22.8 Å². The van der Waals surface area contributed by atoms with Crippen LogP contribution in [0.2, 0.25) is 0 Å². The fraction of sp³-hybridized carbons (Fsp3) is 0.400. The van der Waals surface area contributed by atoms with Crippen LogP contribution in [0.4, 0.5) is 0 Å². The first kappa shape index (κ1) is 10.2. The van der Waals surface area contributed by atoms with E-state index in [0.29, 0.717) is 11.5 Å². The van der Waals surface area contributed by atoms with E-state index in [0.717, 1.165) is 22.3 Å². The van der Waals surface area contributed by atoms with Gasteiger partial charge in [-0.3, -0.25) is 9.78 Å². The molecule has 1 aliphatic rings. The Balaban J connectivity index is 2.03. The zero-order valence-corrected chi connectivity index (χ0v) is 9.97. The summed E-state index contributed by atoms with van der Waals surface area (Å²) in [5.74, 6) is 2.20. The van der Waals surface area contributed by atoms with Crippen molar-refractivity contribution in [1.82, 2.24) is 4.98 Å². The third-order valence-corrected chi connectivity index (χ3v) is 3.86. The Morgan fingerprint density at radius 2 is 2.43 bits per heavy atom. The van der Waals surface area contributed by atoms with Gasteiger partial charge < -0.3 is 0 Å². The van der Waals surface area contributed by atoms with Crippen LogP contribution in [-0.2, 0) is 11.2 Å². The van der Waals surface area contributed by atoms with Crippen LogP contribution in [0.5, 0.6) is 0 Å². The highest BCUT2D eigenvalue weighted by Crippen LogP contribution is 2.23. The fourth-order valence-electron chi connectivity index (χ4n) is 1.46. The van der Waals surface area contributed by atoms with Gasteiger partial charge in [-0.1, -0.05) is 0 Å². The summed E-state index contributed by atoms with van der Waals surface area (Å²) in [6.07, 6.45) is 2.57. The zero-order valence-electron chi connectivity index (χ0n) is 7.57. The predicted molar refractivity (Wildman–Crippen MR) is 61.5 cm³/mol. The summed E-state index contributed by atoms with van der Waals surface area (Å²) in [7, 11) is 0. The number of hydrogen-bond acceptors (Lipinski definition) is 3. The second-order valence-electron chi connectivity index (χ2n) is 3.35. The monoisotopic (exact) mass is 271 g/mol. The van der Waals surface area contributed by atoms with Crippen molar-refractivity contribution in [2.75, 3.05) is 11.5 Å². The number of rotatable bonds is 2. The van der Waals surface area contributed by atoms with Gasteiger partial charge in [-0.25, -0.2) is 0 Å². The highest BCUT2D eigenvalue weighted by Gasteiger charge is 2.25. The smallest absolute Gasteiger partial charge is 0.147 e. The number of pyridine rings is 1. The molecule has 0 amide bonds. The van der Waals surface area contributed by atoms with Crippen molar-refractivity contribution in [1.29, 1.82) is 0 Å². The van der Waals surface area contributed by atoms with E-state index in [4.69, 9.17) is 0 Å². The van der Waals surface area contributed by atoms with Crippen LogP contribution in [0.1, 0.15) is 5.69 Å². The maximum absolute atomic E-state index is 11.4. The van der Waals surface area contributed by atoms with E-state index in [-0.39, 0.29) is 5.92 Å². The Bertz CT molecular complexity index is 338. The fourth-order valence-corrected chi connectivity index (χ4v) is 2.84. The van der Waals surface area contributed by atoms with Crippen LogP contribution >= 0.6 is 27.7 Å². The van der Waals surface area contributed by atoms with Crippen molar-refractivity contribution >= 4 is 33.5 Å². The molecule has 0 aromatic carbocycles. The van der Waals surface area contributed by atoms with Gasteiger partial charge in [0.1, 0.15) is 5.78 Å². The molecule has 1 atom stereocenters. The molecule has 4 heteroatoms. The molecule has 1 saturated heterocycles. The summed E-state index contributed by atoms with van der Waals surface area (Å²) in [5.41, 5.74) is 1.01. The third-order valence-electron chi connectivity index (χ3n) is 2.26. The van der Waals surface area contributed by atoms with Gasteiger partial charge in [0.15, 0.2) is 0 Å². The summed E-state index contributed by atoms with van der Waals surface area (Å²) in [6, 6.07) is 3.94. The second kappa shape index (κ2) is 4.45. The molecule has 1 aromatic heterocycles. The molecular formula is C10H10BrNOS. The van der Waals surface area contributed by atoms with Crippen molar-refractivity contribution in [3.05, 3.63) is 28.5 Å². The van der Waals surface area contributed by atoms with Crippen LogP contribution < -0.4 is 0 Å². The topological polar surface area (TPSA) is 30.0 Å². The Labute approximate surface area is 95.6 Å². The van der Waals surface area contributed by atoms with E-state index >= 15 is 0 Å². The highest BCUT2D eigenvalue weighted by atomic mass is 79.9. The van der Waals surface area contributed by atoms with Crippen LogP contribution in [0.25, 0.3) is 0 Å². The molecule has 1 fully saturated rings. The number of carbonyl (C=O) groups excluding carboxylic acids is 1. The van der Waals surface area contributed by atoms with Gasteiger partial charge in [0.25, 0.3) is 0 Å². The Morgan fingerprint density at radius 1 is 1.57 bits per heavy atom. The summed E-state index contributed by atoms with van der Waals surface area (Å²) in [6.45, 7) is 0. The first-order valence-electron chi connectivity index (χ1n) is 4.46. The van der Waals surface area contributed by atoms with E-state index in [1.165, 1.54) is 0 Å². The van der Waals surface area contributed by atoms with E-state index in [9.17, 15) is 4.79 Å². The second-order valence-corrected chi connectivity index (χ2v) is 5.30. The maximum Gasteiger partial charge on any atom is 0.147 e. The molecule has 2 rings (SSSR count). The van der Waals surface area contributed by atoms with Crippen molar-refractivity contribution in [2.45, 2.75) is 6.42 Å². The molecule has 2 nitrogen and oxygen atoms in total. The molecule has 0 bridgehead atoms. The lowest BCUT2D eigenvalue weighted by molar-refractivity contribution is -0.119. The number of nitrogens with zero attached hydrogens (tertiary/aromatic N) is 1. The molecule has 74 valence electrons. The quantitative estimate of drug-likeness (QED) is 0.827. The van der Waals surface area contributed by atoms with Crippen LogP contribution in [-0.4, -0.2) is 22.3 Å². The number of aromatic nitrogens is 1. The first-order chi connectivity index (χ1) is 6.75. The lowest BCUT2D eigenvalue weighted by Gasteiger charge is -2.05. The highest BCUT2D eigenvalue weighted by molar-refractivity contribution is 9.10. The van der Waals surface area contributed by atoms with Crippen LogP contribution in [0, 0.1) is 5.92 Å². The average molecular weight is 272 g/mol. The van der Waals surface area contributed by atoms with Crippen molar-refractivity contribution in [3.8, 4) is 0 Å². The molecule has 1 unspecified atom stereocenters. The van der Waals surface area contributed by atoms with Gasteiger partial charge in [-0.05, 0) is 28.1 Å². The zero-order chi connectivity index (χ0) is 9.97. The number of ketones is 1. The predicted octanol–water partition coefficient (Wildman–Crippen LogP) is 2.32. The Hall–Kier alpha value is -0.350. The van der Waals surface area contributed by atoms with Gasteiger partial charge in [0.2, 0.25) is 0 Å². The standard InChI is InChI=1S/C10H10BrNOS/c11-8-1-2-9(12-4-8)3-7-5-14-6-10(7)13/h1-2,4,7H,3,5-6H2.